The Morgan fingerprint density at radius 2 is 2.00 bits per heavy atom. The third kappa shape index (κ3) is 3.65. The summed E-state index contributed by atoms with van der Waals surface area (Å²) in [4.78, 5) is 1.46. The van der Waals surface area contributed by atoms with Crippen LogP contribution in [-0.4, -0.2) is 46.0 Å². The Hall–Kier alpha value is -1.79. The van der Waals surface area contributed by atoms with E-state index in [9.17, 15) is 0 Å². The molecule has 130 valence electrons. The van der Waals surface area contributed by atoms with E-state index in [2.05, 4.69) is 60.6 Å². The van der Waals surface area contributed by atoms with Crippen molar-refractivity contribution in [2.45, 2.75) is 52.3 Å². The molecule has 0 spiro atoms. The molecule has 0 amide bonds. The first-order valence-electron chi connectivity index (χ1n) is 9.01. The summed E-state index contributed by atoms with van der Waals surface area (Å²) in [6.07, 6.45) is 2.45. The van der Waals surface area contributed by atoms with Crippen molar-refractivity contribution < 1.29 is 9.64 Å². The van der Waals surface area contributed by atoms with Crippen LogP contribution in [0.3, 0.4) is 0 Å². The third-order valence-electron chi connectivity index (χ3n) is 4.95. The topological polar surface area (TPSA) is 57.3 Å². The molecule has 1 aliphatic heterocycles. The number of rotatable bonds is 7. The fourth-order valence-electron chi connectivity index (χ4n) is 3.51. The van der Waals surface area contributed by atoms with E-state index in [0.29, 0.717) is 0 Å². The molecule has 1 aliphatic rings. The maximum Gasteiger partial charge on any atom is 0.214 e. The minimum absolute atomic E-state index is 0.150. The van der Waals surface area contributed by atoms with Crippen molar-refractivity contribution in [1.29, 1.82) is 0 Å². The Balaban J connectivity index is 1.93. The Morgan fingerprint density at radius 1 is 1.25 bits per heavy atom. The summed E-state index contributed by atoms with van der Waals surface area (Å²) < 4.78 is 7.72. The molecule has 6 heteroatoms. The molecular formula is C18H28N5O+. The van der Waals surface area contributed by atoms with Gasteiger partial charge in [-0.2, -0.15) is 0 Å². The summed E-state index contributed by atoms with van der Waals surface area (Å²) in [5.74, 6) is 0.938. The van der Waals surface area contributed by atoms with Gasteiger partial charge in [0.1, 0.15) is 0 Å². The number of aromatic nitrogens is 4. The fourth-order valence-corrected chi connectivity index (χ4v) is 3.51. The number of tetrazole rings is 1. The van der Waals surface area contributed by atoms with E-state index in [0.717, 1.165) is 44.9 Å². The van der Waals surface area contributed by atoms with Crippen LogP contribution in [0.2, 0.25) is 0 Å². The quantitative estimate of drug-likeness (QED) is 0.828. The normalized spacial score (nSPS) is 19.1. The molecule has 0 unspecified atom stereocenters. The van der Waals surface area contributed by atoms with Gasteiger partial charge in [-0.15, -0.1) is 5.10 Å². The fraction of sp³-hybridized carbons (Fsp3) is 0.611. The lowest BCUT2D eigenvalue weighted by Crippen LogP contribution is -3.12. The zero-order valence-corrected chi connectivity index (χ0v) is 14.9. The van der Waals surface area contributed by atoms with Crippen LogP contribution in [0.25, 0.3) is 0 Å². The molecule has 0 aliphatic carbocycles. The zero-order valence-electron chi connectivity index (χ0n) is 14.9. The second-order valence-electron chi connectivity index (χ2n) is 6.56. The minimum atomic E-state index is 0.150. The summed E-state index contributed by atoms with van der Waals surface area (Å²) in [6.45, 7) is 10.2. The molecule has 3 rings (SSSR count). The van der Waals surface area contributed by atoms with E-state index in [1.54, 1.807) is 0 Å². The molecule has 2 heterocycles. The molecule has 2 aromatic rings. The number of nitrogens with zero attached hydrogens (tertiary/aromatic N) is 4. The molecule has 1 saturated heterocycles. The second-order valence-corrected chi connectivity index (χ2v) is 6.56. The van der Waals surface area contributed by atoms with Crippen molar-refractivity contribution in [2.75, 3.05) is 19.7 Å². The van der Waals surface area contributed by atoms with E-state index in [1.165, 1.54) is 16.0 Å². The van der Waals surface area contributed by atoms with Gasteiger partial charge in [0.05, 0.1) is 25.7 Å². The van der Waals surface area contributed by atoms with Crippen LogP contribution in [0.15, 0.2) is 24.3 Å². The summed E-state index contributed by atoms with van der Waals surface area (Å²) in [7, 11) is 0. The monoisotopic (exact) mass is 330 g/mol. The highest BCUT2D eigenvalue weighted by atomic mass is 16.5. The van der Waals surface area contributed by atoms with Crippen molar-refractivity contribution in [3.63, 3.8) is 0 Å². The van der Waals surface area contributed by atoms with E-state index >= 15 is 0 Å². The van der Waals surface area contributed by atoms with Gasteiger partial charge in [-0.1, -0.05) is 29.8 Å². The minimum Gasteiger partial charge on any atom is -0.376 e. The number of quaternary nitrogens is 1. The van der Waals surface area contributed by atoms with Gasteiger partial charge in [0.15, 0.2) is 6.04 Å². The molecule has 1 aromatic heterocycles. The number of ether oxygens (including phenoxy) is 1. The molecule has 1 N–H and O–H groups in total. The van der Waals surface area contributed by atoms with Gasteiger partial charge in [0, 0.05) is 12.2 Å². The second kappa shape index (κ2) is 7.85. The Bertz CT molecular complexity index is 629. The predicted molar refractivity (Wildman–Crippen MR) is 91.9 cm³/mol. The van der Waals surface area contributed by atoms with Crippen LogP contribution >= 0.6 is 0 Å². The molecule has 0 bridgehead atoms. The Morgan fingerprint density at radius 3 is 2.62 bits per heavy atom. The van der Waals surface area contributed by atoms with Gasteiger partial charge < -0.3 is 9.64 Å². The summed E-state index contributed by atoms with van der Waals surface area (Å²) in [5.41, 5.74) is 2.54. The first kappa shape index (κ1) is 17.0. The standard InChI is InChI=1S/C18H27N5O/c1-4-22(5-2)17(15-10-8-14(3)9-11-15)18-19-20-21-23(18)13-16-7-6-12-24-16/h8-11,16-17H,4-7,12-13H2,1-3H3/p+1/t16-,17-/m0/s1. The van der Waals surface area contributed by atoms with Crippen molar-refractivity contribution in [3.8, 4) is 0 Å². The van der Waals surface area contributed by atoms with Crippen LogP contribution in [0, 0.1) is 6.92 Å². The molecule has 2 atom stereocenters. The lowest BCUT2D eigenvalue weighted by atomic mass is 10.0. The average Bonchev–Trinajstić information content (AvgIpc) is 3.26. The van der Waals surface area contributed by atoms with Gasteiger partial charge >= 0.3 is 0 Å². The summed E-state index contributed by atoms with van der Waals surface area (Å²) in [6, 6.07) is 8.89. The van der Waals surface area contributed by atoms with Crippen molar-refractivity contribution >= 4 is 0 Å². The third-order valence-corrected chi connectivity index (χ3v) is 4.95. The largest absolute Gasteiger partial charge is 0.376 e. The maximum absolute atomic E-state index is 5.77. The predicted octanol–water partition coefficient (Wildman–Crippen LogP) is 1.17. The van der Waals surface area contributed by atoms with Crippen molar-refractivity contribution in [1.82, 2.24) is 20.2 Å². The number of benzene rings is 1. The Kier molecular flexibility index (Phi) is 5.58. The SMILES string of the molecule is CC[NH+](CC)[C@@H](c1ccc(C)cc1)c1nnnn1C[C@@H]1CCCO1. The van der Waals surface area contributed by atoms with Gasteiger partial charge in [0.2, 0.25) is 5.82 Å². The van der Waals surface area contributed by atoms with Crippen LogP contribution in [-0.2, 0) is 11.3 Å². The van der Waals surface area contributed by atoms with E-state index in [4.69, 9.17) is 4.74 Å². The molecular weight excluding hydrogens is 302 g/mol. The Labute approximate surface area is 143 Å². The van der Waals surface area contributed by atoms with Gasteiger partial charge in [-0.25, -0.2) is 4.68 Å². The molecule has 24 heavy (non-hydrogen) atoms. The number of aryl methyl sites for hydroxylation is 1. The number of hydrogen-bond acceptors (Lipinski definition) is 4. The van der Waals surface area contributed by atoms with Crippen LogP contribution in [0.1, 0.15) is 49.7 Å². The lowest BCUT2D eigenvalue weighted by molar-refractivity contribution is -0.923. The number of nitrogens with one attached hydrogen (secondary N) is 1. The van der Waals surface area contributed by atoms with Crippen LogP contribution < -0.4 is 4.90 Å². The smallest absolute Gasteiger partial charge is 0.214 e. The van der Waals surface area contributed by atoms with Gasteiger partial charge in [-0.3, -0.25) is 0 Å². The molecule has 0 saturated carbocycles. The van der Waals surface area contributed by atoms with Crippen molar-refractivity contribution in [3.05, 3.63) is 41.2 Å². The van der Waals surface area contributed by atoms with E-state index in [-0.39, 0.29) is 12.1 Å². The highest BCUT2D eigenvalue weighted by Crippen LogP contribution is 2.20. The molecule has 1 aromatic carbocycles. The van der Waals surface area contributed by atoms with Gasteiger partial charge in [0.25, 0.3) is 0 Å². The van der Waals surface area contributed by atoms with Gasteiger partial charge in [-0.05, 0) is 44.0 Å². The highest BCUT2D eigenvalue weighted by Gasteiger charge is 2.31. The van der Waals surface area contributed by atoms with Crippen LogP contribution in [0.4, 0.5) is 0 Å². The first-order valence-corrected chi connectivity index (χ1v) is 9.01. The molecule has 6 nitrogen and oxygen atoms in total. The molecule has 0 radical (unpaired) electrons. The lowest BCUT2D eigenvalue weighted by Gasteiger charge is -2.26. The zero-order chi connectivity index (χ0) is 16.9. The summed E-state index contributed by atoms with van der Waals surface area (Å²) >= 11 is 0. The van der Waals surface area contributed by atoms with E-state index in [1.807, 2.05) is 4.68 Å². The number of hydrogen-bond donors (Lipinski definition) is 1. The average molecular weight is 330 g/mol. The van der Waals surface area contributed by atoms with Crippen LogP contribution in [0.5, 0.6) is 0 Å². The van der Waals surface area contributed by atoms with Crippen molar-refractivity contribution in [2.24, 2.45) is 0 Å². The maximum atomic E-state index is 5.77. The summed E-state index contributed by atoms with van der Waals surface area (Å²) in [5, 5.41) is 12.6. The van der Waals surface area contributed by atoms with E-state index < -0.39 is 0 Å². The molecule has 1 fully saturated rings. The highest BCUT2D eigenvalue weighted by molar-refractivity contribution is 5.26. The first-order chi connectivity index (χ1) is 11.7.